The minimum Gasteiger partial charge on any atom is -0.601 e. The molecule has 0 saturated carbocycles. The summed E-state index contributed by atoms with van der Waals surface area (Å²) >= 11 is 1.57. The van der Waals surface area contributed by atoms with Gasteiger partial charge in [-0.25, -0.2) is 12.1 Å². The van der Waals surface area contributed by atoms with E-state index < -0.39 is 0 Å². The van der Waals surface area contributed by atoms with Crippen molar-refractivity contribution >= 4 is 17.6 Å². The van der Waals surface area contributed by atoms with Crippen LogP contribution in [0.3, 0.4) is 0 Å². The summed E-state index contributed by atoms with van der Waals surface area (Å²) in [5.41, 5.74) is 14.8. The number of aromatic nitrogens is 11. The predicted octanol–water partition coefficient (Wildman–Crippen LogP) is 22.4. The second-order valence-corrected chi connectivity index (χ2v) is 25.7. The average molecular weight is 2530 g/mol. The summed E-state index contributed by atoms with van der Waals surface area (Å²) in [6.07, 6.45) is 27.2. The Morgan fingerprint density at radius 1 is 0.325 bits per heavy atom. The number of hydrogen-bond acceptors (Lipinski definition) is 15. The van der Waals surface area contributed by atoms with Crippen molar-refractivity contribution in [2.24, 2.45) is 4.99 Å². The van der Waals surface area contributed by atoms with Gasteiger partial charge in [0.1, 0.15) is 11.8 Å². The van der Waals surface area contributed by atoms with Gasteiger partial charge in [0, 0.05) is 110 Å². The van der Waals surface area contributed by atoms with Gasteiger partial charge in [-0.3, -0.25) is 39.2 Å². The zero-order chi connectivity index (χ0) is 77.6. The predicted molar refractivity (Wildman–Crippen MR) is 440 cm³/mol. The van der Waals surface area contributed by atoms with Crippen LogP contribution in [0.25, 0.3) is 101 Å². The smallest absolute Gasteiger partial charge is 0.601 e. The van der Waals surface area contributed by atoms with Crippen molar-refractivity contribution in [2.75, 3.05) is 0 Å². The molecule has 24 heteroatoms. The van der Waals surface area contributed by atoms with Gasteiger partial charge in [0.15, 0.2) is 0 Å². The van der Waals surface area contributed by atoms with Crippen LogP contribution in [0.4, 0.5) is 0 Å². The second-order valence-electron chi connectivity index (χ2n) is 24.8. The Hall–Kier alpha value is -12.1. The molecule has 0 aliphatic rings. The van der Waals surface area contributed by atoms with Gasteiger partial charge in [-0.15, -0.1) is 139 Å². The van der Waals surface area contributed by atoms with Crippen LogP contribution in [0, 0.1) is 86.2 Å². The molecule has 7 aromatic heterocycles. The Balaban J connectivity index is 0.000000154. The van der Waals surface area contributed by atoms with Crippen molar-refractivity contribution in [1.29, 1.82) is 0 Å². The molecule has 0 aliphatic carbocycles. The van der Waals surface area contributed by atoms with Crippen molar-refractivity contribution in [3.8, 4) is 147 Å². The molecule has 0 unspecified atom stereocenters. The third-order valence-corrected chi connectivity index (χ3v) is 17.8. The molecule has 0 saturated heterocycles. The van der Waals surface area contributed by atoms with Gasteiger partial charge in [-0.2, -0.15) is 62.2 Å². The molecule has 0 bridgehead atoms. The van der Waals surface area contributed by atoms with Gasteiger partial charge in [-0.05, 0) is 45.0 Å². The zero-order valence-corrected chi connectivity index (χ0v) is 76.7. The molecule has 19 aromatic rings. The van der Waals surface area contributed by atoms with Gasteiger partial charge < -0.3 is 45.6 Å². The number of hydrogen-bond donors (Lipinski definition) is 0. The van der Waals surface area contributed by atoms with Gasteiger partial charge in [-0.1, -0.05) is 157 Å². The Morgan fingerprint density at radius 3 is 0.933 bits per heavy atom. The van der Waals surface area contributed by atoms with Crippen molar-refractivity contribution in [3.63, 3.8) is 0 Å². The van der Waals surface area contributed by atoms with Gasteiger partial charge >= 0.3 is 115 Å². The van der Waals surface area contributed by atoms with Crippen molar-refractivity contribution in [1.82, 2.24) is 54.1 Å². The SMILES string of the molecule is [CH-]=CN=[C-]c1[c-]c(Oc2[c-]c(-n3cc(-c4ccccc4)cn3)ccc2)ccc1.[Pt+2].[Pt+2].[Pt+2].[Pt+2].[U+2].[c-]1c(Oc2[c-]c(-n3cc(-c4ccccc4)cn3)ccc2)cccc1-c1ncco1.[c-]1c(Oc2[c-]c(-n3cc(-c4ccccc4)cn3)ccc2)cccc1-c1ncco1.[c-]1c(Oc2[c-]c(-n3cc(-c4ccccc4)cn3)ccc2)cccc1-c1nccs1. The fraction of sp³-hybridized carbons (Fsp3) is 0. The summed E-state index contributed by atoms with van der Waals surface area (Å²) in [4.78, 5) is 16.4. The van der Waals surface area contributed by atoms with E-state index in [-0.39, 0.29) is 115 Å². The number of benzene rings is 12. The summed E-state index contributed by atoms with van der Waals surface area (Å²) < 4.78 is 41.5. The molecule has 590 valence electrons. The van der Waals surface area contributed by atoms with E-state index in [0.29, 0.717) is 63.3 Å². The van der Waals surface area contributed by atoms with Crippen LogP contribution >= 0.6 is 11.3 Å². The Morgan fingerprint density at radius 2 is 0.625 bits per heavy atom. The van der Waals surface area contributed by atoms with Gasteiger partial charge in [0.05, 0.1) is 49.7 Å². The molecule has 0 aliphatic heterocycles. The number of aliphatic imine (C=N–C) groups is 1. The first-order valence-corrected chi connectivity index (χ1v) is 36.8. The maximum absolute atomic E-state index is 6.00. The molecule has 0 amide bonds. The molecule has 0 radical (unpaired) electrons. The Bertz CT molecular complexity index is 5910. The first kappa shape index (κ1) is 88.7. The van der Waals surface area contributed by atoms with E-state index in [9.17, 15) is 0 Å². The van der Waals surface area contributed by atoms with E-state index in [2.05, 4.69) is 144 Å². The van der Waals surface area contributed by atoms with Crippen LogP contribution in [0.15, 0.2) is 373 Å². The molecular weight excluding hydrogens is 2470 g/mol. The topological polar surface area (TPSA) is 186 Å². The summed E-state index contributed by atoms with van der Waals surface area (Å²) in [6.45, 7) is 5.24. The number of nitrogens with zero attached hydrogens (tertiary/aromatic N) is 12. The summed E-state index contributed by atoms with van der Waals surface area (Å²) in [7, 11) is 0. The average Bonchev–Trinajstić information content (AvgIpc) is 1.70. The first-order valence-electron chi connectivity index (χ1n) is 35.9. The van der Waals surface area contributed by atoms with Gasteiger partial charge in [0.25, 0.3) is 0 Å². The van der Waals surface area contributed by atoms with Crippen molar-refractivity contribution in [3.05, 3.63) is 420 Å². The third kappa shape index (κ3) is 23.9. The largest absolute Gasteiger partial charge is 2.00 e. The van der Waals surface area contributed by atoms with Crippen LogP contribution in [0.2, 0.25) is 0 Å². The van der Waals surface area contributed by atoms with Crippen LogP contribution in [-0.2, 0) is 84.3 Å². The molecule has 7 heterocycles. The molecule has 18 nitrogen and oxygen atoms in total. The fourth-order valence-corrected chi connectivity index (χ4v) is 12.2. The van der Waals surface area contributed by atoms with Crippen LogP contribution < -0.4 is 18.9 Å². The minimum absolute atomic E-state index is 0. The van der Waals surface area contributed by atoms with E-state index in [1.54, 1.807) is 54.7 Å². The second kappa shape index (κ2) is 44.7. The minimum atomic E-state index is 0. The normalized spacial score (nSPS) is 10.3. The van der Waals surface area contributed by atoms with E-state index >= 15 is 0 Å². The Kier molecular flexibility index (Phi) is 33.0. The van der Waals surface area contributed by atoms with Gasteiger partial charge in [0.2, 0.25) is 0 Å². The van der Waals surface area contributed by atoms with E-state index in [4.69, 9.17) is 34.4 Å². The molecular formula is C96H60N12O6Pt4SU. The molecule has 120 heavy (non-hydrogen) atoms. The zero-order valence-electron chi connectivity index (χ0n) is 62.6. The summed E-state index contributed by atoms with van der Waals surface area (Å²) in [5, 5.41) is 20.7. The molecule has 0 spiro atoms. The maximum atomic E-state index is 6.00. The van der Waals surface area contributed by atoms with E-state index in [1.807, 2.05) is 267 Å². The number of rotatable bonds is 21. The fourth-order valence-electron chi connectivity index (χ4n) is 11.6. The standard InChI is InChI=1S/2C24H15N3O2.C24H15N3OS.C24H15N3O.4Pt.U/c2*1-2-6-18(7-3-1)20-16-26-27(17-20)21-9-5-11-23(15-21)29-22-10-4-8-19(14-22)24-25-12-13-28-24;1-2-6-18(7-3-1)20-16-26-27(17-20)21-9-5-11-23(15-21)28-22-10-4-8-19(14-22)24-25-12-13-29-24;1-2-25-16-19-8-6-12-23(14-19)28-24-13-7-11-22(15-24)27-18-21(17-26-27)20-9-4-3-5-10-20;;;;;/h3*1-13,16-17H;1-13,17-18H;;;;;/q3*-2;-4;5*+2. The molecule has 19 rings (SSSR count). The number of ether oxygens (including phenoxy) is 4. The van der Waals surface area contributed by atoms with E-state index in [0.717, 1.165) is 89.0 Å². The summed E-state index contributed by atoms with van der Waals surface area (Å²) in [5.74, 6) is 5.57. The summed E-state index contributed by atoms with van der Waals surface area (Å²) in [6, 6.07) is 111. The molecule has 12 aromatic carbocycles. The van der Waals surface area contributed by atoms with Crippen molar-refractivity contribution < 1.29 is 143 Å². The monoisotopic (exact) mass is 2530 g/mol. The number of oxazole rings is 2. The Labute approximate surface area is 778 Å². The van der Waals surface area contributed by atoms with Crippen LogP contribution in [0.1, 0.15) is 5.56 Å². The molecule has 0 atom stereocenters. The molecule has 0 fully saturated rings. The van der Waals surface area contributed by atoms with E-state index in [1.165, 1.54) is 18.7 Å². The quantitative estimate of drug-likeness (QED) is 0.0489. The maximum Gasteiger partial charge on any atom is 2.00 e. The van der Waals surface area contributed by atoms with Crippen molar-refractivity contribution in [2.45, 2.75) is 0 Å². The number of thiazole rings is 1. The molecule has 0 N–H and O–H groups in total. The van der Waals surface area contributed by atoms with Crippen LogP contribution in [0.5, 0.6) is 46.0 Å². The van der Waals surface area contributed by atoms with Crippen LogP contribution in [-0.4, -0.2) is 60.3 Å². The third-order valence-electron chi connectivity index (χ3n) is 17.0. The first-order chi connectivity index (χ1) is 56.9.